The van der Waals surface area contributed by atoms with Gasteiger partial charge in [-0.3, -0.25) is 4.57 Å². The number of amides is 2. The summed E-state index contributed by atoms with van der Waals surface area (Å²) in [5, 5.41) is 7.88. The van der Waals surface area contributed by atoms with Gasteiger partial charge in [-0.2, -0.15) is 0 Å². The van der Waals surface area contributed by atoms with Crippen molar-refractivity contribution >= 4 is 33.6 Å². The van der Waals surface area contributed by atoms with E-state index in [1.807, 2.05) is 30.3 Å². The molecule has 2 N–H and O–H groups in total. The first kappa shape index (κ1) is 16.0. The molecule has 0 fully saturated rings. The van der Waals surface area contributed by atoms with Crippen molar-refractivity contribution in [3.05, 3.63) is 76.8 Å². The topological polar surface area (TPSA) is 76.3 Å². The molecule has 3 aromatic carbocycles. The van der Waals surface area contributed by atoms with Crippen LogP contribution in [0.3, 0.4) is 0 Å². The fourth-order valence-corrected chi connectivity index (χ4v) is 2.92. The highest BCUT2D eigenvalue weighted by molar-refractivity contribution is 5.91. The molecule has 0 aliphatic heterocycles. The van der Waals surface area contributed by atoms with Crippen LogP contribution in [0.25, 0.3) is 21.9 Å². The molecule has 0 atom stereocenters. The highest BCUT2D eigenvalue weighted by Crippen LogP contribution is 2.18. The number of fused-ring (bicyclic) bond motifs is 2. The Labute approximate surface area is 149 Å². The zero-order valence-electron chi connectivity index (χ0n) is 14.2. The maximum absolute atomic E-state index is 12.1. The van der Waals surface area contributed by atoms with Crippen LogP contribution in [0.1, 0.15) is 5.56 Å². The lowest BCUT2D eigenvalue weighted by Crippen LogP contribution is -2.28. The van der Waals surface area contributed by atoms with Crippen LogP contribution < -0.4 is 16.4 Å². The molecule has 0 radical (unpaired) electrons. The number of carbonyl (C=O) groups excluding carboxylic acids is 1. The molecule has 0 saturated heterocycles. The predicted molar refractivity (Wildman–Crippen MR) is 101 cm³/mol. The van der Waals surface area contributed by atoms with Crippen LogP contribution in [0.5, 0.6) is 0 Å². The minimum atomic E-state index is -0.432. The van der Waals surface area contributed by atoms with E-state index in [1.165, 1.54) is 9.95 Å². The van der Waals surface area contributed by atoms with E-state index in [1.54, 1.807) is 25.2 Å². The number of hydrogen-bond acceptors (Lipinski definition) is 3. The largest absolute Gasteiger partial charge is 0.419 e. The monoisotopic (exact) mass is 347 g/mol. The molecule has 1 heterocycles. The lowest BCUT2D eigenvalue weighted by Gasteiger charge is -2.08. The first-order valence-electron chi connectivity index (χ1n) is 8.22. The van der Waals surface area contributed by atoms with Crippen molar-refractivity contribution in [2.24, 2.45) is 7.05 Å². The summed E-state index contributed by atoms with van der Waals surface area (Å²) >= 11 is 0. The predicted octanol–water partition coefficient (Wildman–Crippen LogP) is 3.61. The summed E-state index contributed by atoms with van der Waals surface area (Å²) in [5.41, 5.74) is 2.69. The minimum absolute atomic E-state index is 0.323. The molecular formula is C20H17N3O3. The number of rotatable bonds is 3. The highest BCUT2D eigenvalue weighted by atomic mass is 16.4. The standard InChI is InChI=1S/C20H17N3O3/c1-23-17-9-8-16(11-18(17)26-20(23)25)22-19(24)21-12-13-6-7-14-4-2-3-5-15(14)10-13/h2-11H,12H2,1H3,(H2,21,22,24). The van der Waals surface area contributed by atoms with Crippen molar-refractivity contribution in [3.8, 4) is 0 Å². The van der Waals surface area contributed by atoms with Gasteiger partial charge in [-0.05, 0) is 34.5 Å². The Balaban J connectivity index is 1.44. The van der Waals surface area contributed by atoms with Crippen LogP contribution in [-0.2, 0) is 13.6 Å². The lowest BCUT2D eigenvalue weighted by molar-refractivity contribution is 0.252. The molecule has 6 heteroatoms. The van der Waals surface area contributed by atoms with Crippen molar-refractivity contribution in [3.63, 3.8) is 0 Å². The van der Waals surface area contributed by atoms with Crippen molar-refractivity contribution in [1.29, 1.82) is 0 Å². The number of urea groups is 1. The van der Waals surface area contributed by atoms with Gasteiger partial charge in [0.05, 0.1) is 5.52 Å². The number of carbonyl (C=O) groups is 1. The SMILES string of the molecule is Cn1c(=O)oc2cc(NC(=O)NCc3ccc4ccccc4c3)ccc21. The second kappa shape index (κ2) is 6.40. The summed E-state index contributed by atoms with van der Waals surface area (Å²) in [6.45, 7) is 0.416. The Morgan fingerprint density at radius 3 is 2.69 bits per heavy atom. The van der Waals surface area contributed by atoms with Crippen molar-refractivity contribution in [1.82, 2.24) is 9.88 Å². The van der Waals surface area contributed by atoms with Gasteiger partial charge in [-0.1, -0.05) is 36.4 Å². The normalized spacial score (nSPS) is 11.0. The van der Waals surface area contributed by atoms with Gasteiger partial charge in [0, 0.05) is 25.3 Å². The van der Waals surface area contributed by atoms with E-state index in [9.17, 15) is 9.59 Å². The van der Waals surface area contributed by atoms with Crippen LogP contribution in [0, 0.1) is 0 Å². The lowest BCUT2D eigenvalue weighted by atomic mass is 10.1. The van der Waals surface area contributed by atoms with E-state index in [0.29, 0.717) is 23.3 Å². The van der Waals surface area contributed by atoms with Gasteiger partial charge in [-0.25, -0.2) is 9.59 Å². The molecular weight excluding hydrogens is 330 g/mol. The molecule has 4 rings (SSSR count). The molecule has 0 saturated carbocycles. The highest BCUT2D eigenvalue weighted by Gasteiger charge is 2.08. The Bertz CT molecular complexity index is 1170. The van der Waals surface area contributed by atoms with Crippen LogP contribution in [0.15, 0.2) is 69.9 Å². The van der Waals surface area contributed by atoms with E-state index in [0.717, 1.165) is 10.9 Å². The van der Waals surface area contributed by atoms with E-state index in [2.05, 4.69) is 22.8 Å². The maximum Gasteiger partial charge on any atom is 0.419 e. The fourth-order valence-electron chi connectivity index (χ4n) is 2.92. The van der Waals surface area contributed by atoms with Gasteiger partial charge in [0.2, 0.25) is 0 Å². The summed E-state index contributed by atoms with van der Waals surface area (Å²) in [5.74, 6) is -0.432. The molecule has 26 heavy (non-hydrogen) atoms. The van der Waals surface area contributed by atoms with Gasteiger partial charge in [0.15, 0.2) is 5.58 Å². The molecule has 4 aromatic rings. The van der Waals surface area contributed by atoms with E-state index < -0.39 is 5.76 Å². The van der Waals surface area contributed by atoms with Crippen molar-refractivity contribution in [2.45, 2.75) is 6.54 Å². The van der Waals surface area contributed by atoms with E-state index in [-0.39, 0.29) is 6.03 Å². The summed E-state index contributed by atoms with van der Waals surface area (Å²) in [4.78, 5) is 23.7. The first-order valence-corrected chi connectivity index (χ1v) is 8.22. The number of oxazole rings is 1. The zero-order valence-corrected chi connectivity index (χ0v) is 14.2. The molecule has 0 aliphatic carbocycles. The number of nitrogens with zero attached hydrogens (tertiary/aromatic N) is 1. The maximum atomic E-state index is 12.1. The molecule has 0 aliphatic rings. The molecule has 0 spiro atoms. The second-order valence-corrected chi connectivity index (χ2v) is 6.10. The number of hydrogen-bond donors (Lipinski definition) is 2. The number of benzene rings is 3. The third-order valence-corrected chi connectivity index (χ3v) is 4.32. The Morgan fingerprint density at radius 2 is 1.85 bits per heavy atom. The average Bonchev–Trinajstić information content (AvgIpc) is 2.93. The van der Waals surface area contributed by atoms with Gasteiger partial charge < -0.3 is 15.1 Å². The van der Waals surface area contributed by atoms with Crippen LogP contribution in [0.4, 0.5) is 10.5 Å². The molecule has 0 bridgehead atoms. The number of nitrogens with one attached hydrogen (secondary N) is 2. The smallest absolute Gasteiger partial charge is 0.408 e. The number of aryl methyl sites for hydroxylation is 1. The molecule has 1 aromatic heterocycles. The number of anilines is 1. The Morgan fingerprint density at radius 1 is 1.04 bits per heavy atom. The van der Waals surface area contributed by atoms with E-state index in [4.69, 9.17) is 4.42 Å². The van der Waals surface area contributed by atoms with Crippen molar-refractivity contribution < 1.29 is 9.21 Å². The second-order valence-electron chi connectivity index (χ2n) is 6.10. The quantitative estimate of drug-likeness (QED) is 0.594. The summed E-state index contributed by atoms with van der Waals surface area (Å²) < 4.78 is 6.54. The third kappa shape index (κ3) is 3.04. The van der Waals surface area contributed by atoms with Crippen LogP contribution in [0.2, 0.25) is 0 Å². The summed E-state index contributed by atoms with van der Waals surface area (Å²) in [6.07, 6.45) is 0. The van der Waals surface area contributed by atoms with Crippen LogP contribution in [-0.4, -0.2) is 10.6 Å². The molecule has 2 amide bonds. The third-order valence-electron chi connectivity index (χ3n) is 4.32. The molecule has 130 valence electrons. The van der Waals surface area contributed by atoms with Gasteiger partial charge in [-0.15, -0.1) is 0 Å². The Kier molecular flexibility index (Phi) is 3.93. The van der Waals surface area contributed by atoms with E-state index >= 15 is 0 Å². The van der Waals surface area contributed by atoms with Gasteiger partial charge in [0.1, 0.15) is 0 Å². The first-order chi connectivity index (χ1) is 12.6. The molecule has 0 unspecified atom stereocenters. The zero-order chi connectivity index (χ0) is 18.1. The van der Waals surface area contributed by atoms with Gasteiger partial charge >= 0.3 is 11.8 Å². The van der Waals surface area contributed by atoms with Gasteiger partial charge in [0.25, 0.3) is 0 Å². The summed E-state index contributed by atoms with van der Waals surface area (Å²) in [7, 11) is 1.64. The fraction of sp³-hybridized carbons (Fsp3) is 0.100. The Hall–Kier alpha value is -3.54. The van der Waals surface area contributed by atoms with Crippen molar-refractivity contribution in [2.75, 3.05) is 5.32 Å². The van der Waals surface area contributed by atoms with Crippen LogP contribution >= 0.6 is 0 Å². The molecule has 6 nitrogen and oxygen atoms in total. The number of aromatic nitrogens is 1. The summed E-state index contributed by atoms with van der Waals surface area (Å²) in [6, 6.07) is 18.9. The minimum Gasteiger partial charge on any atom is -0.408 e. The average molecular weight is 347 g/mol.